The molecule has 1 aliphatic rings. The first kappa shape index (κ1) is 23.4. The van der Waals surface area contributed by atoms with Gasteiger partial charge in [0.25, 0.3) is 11.8 Å². The number of rotatable bonds is 7. The summed E-state index contributed by atoms with van der Waals surface area (Å²) >= 11 is 0. The number of nitrogens with zero attached hydrogens (tertiary/aromatic N) is 2. The summed E-state index contributed by atoms with van der Waals surface area (Å²) in [6.07, 6.45) is 2.42. The van der Waals surface area contributed by atoms with Gasteiger partial charge in [0, 0.05) is 29.2 Å². The number of methoxy groups -OCH3 is 1. The Balaban J connectivity index is 1.46. The second-order valence-electron chi connectivity index (χ2n) is 8.91. The van der Waals surface area contributed by atoms with Crippen LogP contribution in [0, 0.1) is 6.92 Å². The first-order chi connectivity index (χ1) is 17.5. The zero-order chi connectivity index (χ0) is 25.2. The van der Waals surface area contributed by atoms with Crippen LogP contribution < -0.4 is 9.64 Å². The van der Waals surface area contributed by atoms with Crippen LogP contribution in [-0.4, -0.2) is 47.3 Å². The van der Waals surface area contributed by atoms with Crippen LogP contribution in [-0.2, 0) is 16.0 Å². The van der Waals surface area contributed by atoms with E-state index in [1.807, 2.05) is 55.6 Å². The molecular formula is C29H27N3O4. The number of H-pyrrole nitrogens is 1. The van der Waals surface area contributed by atoms with Crippen molar-refractivity contribution in [3.63, 3.8) is 0 Å². The van der Waals surface area contributed by atoms with Crippen LogP contribution in [0.2, 0.25) is 0 Å². The summed E-state index contributed by atoms with van der Waals surface area (Å²) in [6, 6.07) is 21.2. The lowest BCUT2D eigenvalue weighted by Crippen LogP contribution is -2.46. The van der Waals surface area contributed by atoms with Crippen LogP contribution in [0.25, 0.3) is 10.9 Å². The molecule has 1 fully saturated rings. The lowest BCUT2D eigenvalue weighted by Gasteiger charge is -2.28. The van der Waals surface area contributed by atoms with E-state index in [4.69, 9.17) is 4.74 Å². The monoisotopic (exact) mass is 481 g/mol. The summed E-state index contributed by atoms with van der Waals surface area (Å²) in [4.78, 5) is 46.4. The van der Waals surface area contributed by atoms with Crippen LogP contribution >= 0.6 is 0 Å². The molecule has 1 atom stereocenters. The summed E-state index contributed by atoms with van der Waals surface area (Å²) in [5.74, 6) is -0.351. The van der Waals surface area contributed by atoms with Crippen molar-refractivity contribution in [1.29, 1.82) is 0 Å². The second-order valence-corrected chi connectivity index (χ2v) is 8.91. The fraction of sp³-hybridized carbons (Fsp3) is 0.207. The molecule has 7 nitrogen and oxygen atoms in total. The highest BCUT2D eigenvalue weighted by Crippen LogP contribution is 2.29. The molecule has 5 rings (SSSR count). The maximum Gasteiger partial charge on any atom is 0.257 e. The number of para-hydroxylation sites is 1. The van der Waals surface area contributed by atoms with Crippen molar-refractivity contribution in [2.45, 2.75) is 25.8 Å². The van der Waals surface area contributed by atoms with E-state index in [0.29, 0.717) is 30.0 Å². The molecule has 0 spiro atoms. The van der Waals surface area contributed by atoms with Crippen molar-refractivity contribution in [3.05, 3.63) is 95.7 Å². The number of aromatic amines is 1. The Morgan fingerprint density at radius 3 is 2.50 bits per heavy atom. The van der Waals surface area contributed by atoms with Crippen molar-refractivity contribution < 1.29 is 19.1 Å². The van der Waals surface area contributed by atoms with E-state index in [0.717, 1.165) is 22.0 Å². The number of anilines is 1. The van der Waals surface area contributed by atoms with Crippen molar-refractivity contribution in [1.82, 2.24) is 9.88 Å². The van der Waals surface area contributed by atoms with Gasteiger partial charge in [-0.05, 0) is 60.9 Å². The standard InChI is InChI=1S/C29H27N3O4/c1-19-7-3-4-8-23(19)28(34)31(16-15-20-18-30-25-10-6-5-9-24(20)25)26-17-27(33)32(29(26)35)21-11-13-22(36-2)14-12-21/h3-14,18,26,30H,15-17H2,1-2H3. The number of imide groups is 1. The molecule has 182 valence electrons. The molecular weight excluding hydrogens is 454 g/mol. The molecule has 2 heterocycles. The SMILES string of the molecule is COc1ccc(N2C(=O)CC(N(CCc3c[nH]c4ccccc34)C(=O)c3ccccc3C)C2=O)cc1. The number of carbonyl (C=O) groups excluding carboxylic acids is 3. The predicted molar refractivity (Wildman–Crippen MR) is 138 cm³/mol. The molecule has 36 heavy (non-hydrogen) atoms. The van der Waals surface area contributed by atoms with Gasteiger partial charge in [0.15, 0.2) is 0 Å². The van der Waals surface area contributed by atoms with Crippen molar-refractivity contribution in [2.24, 2.45) is 0 Å². The minimum atomic E-state index is -0.878. The Hall–Kier alpha value is -4.39. The average molecular weight is 482 g/mol. The minimum absolute atomic E-state index is 0.0592. The summed E-state index contributed by atoms with van der Waals surface area (Å²) < 4.78 is 5.19. The number of benzene rings is 3. The topological polar surface area (TPSA) is 82.7 Å². The summed E-state index contributed by atoms with van der Waals surface area (Å²) in [5, 5.41) is 1.08. The highest BCUT2D eigenvalue weighted by molar-refractivity contribution is 6.23. The highest BCUT2D eigenvalue weighted by Gasteiger charge is 2.44. The van der Waals surface area contributed by atoms with Crippen LogP contribution in [0.1, 0.15) is 27.9 Å². The number of hydrogen-bond acceptors (Lipinski definition) is 4. The van der Waals surface area contributed by atoms with Gasteiger partial charge >= 0.3 is 0 Å². The smallest absolute Gasteiger partial charge is 0.257 e. The summed E-state index contributed by atoms with van der Waals surface area (Å²) in [5.41, 5.74) is 3.88. The van der Waals surface area contributed by atoms with E-state index >= 15 is 0 Å². The fourth-order valence-electron chi connectivity index (χ4n) is 4.81. The zero-order valence-electron chi connectivity index (χ0n) is 20.2. The van der Waals surface area contributed by atoms with Crippen molar-refractivity contribution >= 4 is 34.3 Å². The quantitative estimate of drug-likeness (QED) is 0.394. The van der Waals surface area contributed by atoms with E-state index in [-0.39, 0.29) is 18.2 Å². The van der Waals surface area contributed by atoms with E-state index < -0.39 is 11.9 Å². The van der Waals surface area contributed by atoms with E-state index in [2.05, 4.69) is 4.98 Å². The maximum absolute atomic E-state index is 13.8. The van der Waals surface area contributed by atoms with Crippen LogP contribution in [0.15, 0.2) is 79.0 Å². The van der Waals surface area contributed by atoms with Crippen LogP contribution in [0.4, 0.5) is 5.69 Å². The number of carbonyl (C=O) groups is 3. The minimum Gasteiger partial charge on any atom is -0.497 e. The molecule has 1 aliphatic heterocycles. The van der Waals surface area contributed by atoms with Crippen LogP contribution in [0.3, 0.4) is 0 Å². The Labute approximate surface area is 209 Å². The number of hydrogen-bond donors (Lipinski definition) is 1. The van der Waals surface area contributed by atoms with Gasteiger partial charge in [-0.3, -0.25) is 14.4 Å². The molecule has 0 aliphatic carbocycles. The lowest BCUT2D eigenvalue weighted by atomic mass is 10.0. The number of amides is 3. The Morgan fingerprint density at radius 1 is 1.03 bits per heavy atom. The normalized spacial score (nSPS) is 15.5. The highest BCUT2D eigenvalue weighted by atomic mass is 16.5. The van der Waals surface area contributed by atoms with Gasteiger partial charge in [-0.25, -0.2) is 4.90 Å². The number of aryl methyl sites for hydroxylation is 1. The fourth-order valence-corrected chi connectivity index (χ4v) is 4.81. The van der Waals surface area contributed by atoms with Gasteiger partial charge in [0.05, 0.1) is 19.2 Å². The number of ether oxygens (including phenoxy) is 1. The van der Waals surface area contributed by atoms with E-state index in [1.54, 1.807) is 42.3 Å². The molecule has 1 saturated heterocycles. The molecule has 0 saturated carbocycles. The molecule has 1 N–H and O–H groups in total. The average Bonchev–Trinajstić information content (AvgIpc) is 3.44. The first-order valence-corrected chi connectivity index (χ1v) is 11.9. The second kappa shape index (κ2) is 9.70. The zero-order valence-corrected chi connectivity index (χ0v) is 20.2. The van der Waals surface area contributed by atoms with Gasteiger partial charge in [0.1, 0.15) is 11.8 Å². The molecule has 4 aromatic rings. The molecule has 7 heteroatoms. The largest absolute Gasteiger partial charge is 0.497 e. The molecule has 1 unspecified atom stereocenters. The molecule has 0 radical (unpaired) electrons. The van der Waals surface area contributed by atoms with Gasteiger partial charge in [-0.1, -0.05) is 36.4 Å². The lowest BCUT2D eigenvalue weighted by molar-refractivity contribution is -0.122. The third-order valence-electron chi connectivity index (χ3n) is 6.76. The Morgan fingerprint density at radius 2 is 1.75 bits per heavy atom. The summed E-state index contributed by atoms with van der Waals surface area (Å²) in [7, 11) is 1.56. The number of nitrogens with one attached hydrogen (secondary N) is 1. The first-order valence-electron chi connectivity index (χ1n) is 11.9. The van der Waals surface area contributed by atoms with Gasteiger partial charge < -0.3 is 14.6 Å². The van der Waals surface area contributed by atoms with Gasteiger partial charge in [-0.15, -0.1) is 0 Å². The number of aromatic nitrogens is 1. The van der Waals surface area contributed by atoms with Gasteiger partial charge in [-0.2, -0.15) is 0 Å². The molecule has 0 bridgehead atoms. The Bertz CT molecular complexity index is 1440. The van der Waals surface area contributed by atoms with Crippen molar-refractivity contribution in [2.75, 3.05) is 18.6 Å². The summed E-state index contributed by atoms with van der Waals surface area (Å²) in [6.45, 7) is 2.17. The van der Waals surface area contributed by atoms with Crippen molar-refractivity contribution in [3.8, 4) is 5.75 Å². The van der Waals surface area contributed by atoms with Gasteiger partial charge in [0.2, 0.25) is 5.91 Å². The molecule has 3 amide bonds. The third kappa shape index (κ3) is 4.24. The molecule has 3 aromatic carbocycles. The number of fused-ring (bicyclic) bond motifs is 1. The third-order valence-corrected chi connectivity index (χ3v) is 6.76. The van der Waals surface area contributed by atoms with E-state index in [9.17, 15) is 14.4 Å². The maximum atomic E-state index is 13.8. The Kier molecular flexibility index (Phi) is 6.29. The van der Waals surface area contributed by atoms with Crippen LogP contribution in [0.5, 0.6) is 5.75 Å². The molecule has 1 aromatic heterocycles. The van der Waals surface area contributed by atoms with E-state index in [1.165, 1.54) is 4.90 Å². The predicted octanol–water partition coefficient (Wildman–Crippen LogP) is 4.50.